The highest BCUT2D eigenvalue weighted by Gasteiger charge is 2.12. The Labute approximate surface area is 116 Å². The third kappa shape index (κ3) is 5.04. The van der Waals surface area contributed by atoms with Crippen LogP contribution in [0.25, 0.3) is 0 Å². The molecular weight excluding hydrogens is 321 g/mol. The van der Waals surface area contributed by atoms with E-state index in [4.69, 9.17) is 0 Å². The summed E-state index contributed by atoms with van der Waals surface area (Å²) in [5.74, 6) is -0.152. The maximum Gasteiger partial charge on any atom is 0.147 e. The summed E-state index contributed by atoms with van der Waals surface area (Å²) in [7, 11) is -1.15. The van der Waals surface area contributed by atoms with E-state index >= 15 is 0 Å². The summed E-state index contributed by atoms with van der Waals surface area (Å²) in [5.41, 5.74) is 0.826. The normalized spacial score (nSPS) is 13.6. The van der Waals surface area contributed by atoms with Crippen LogP contribution in [0.2, 0.25) is 0 Å². The lowest BCUT2D eigenvalue weighted by molar-refractivity contribution is 0.530. The number of hydrogen-bond acceptors (Lipinski definition) is 3. The van der Waals surface area contributed by atoms with Gasteiger partial charge in [-0.1, -0.05) is 6.07 Å². The van der Waals surface area contributed by atoms with Gasteiger partial charge in [-0.15, -0.1) is 0 Å². The van der Waals surface area contributed by atoms with Gasteiger partial charge in [0.1, 0.15) is 15.7 Å². The van der Waals surface area contributed by atoms with E-state index < -0.39 is 9.84 Å². The average Bonchev–Trinajstić information content (AvgIpc) is 2.27. The first-order valence-corrected chi connectivity index (χ1v) is 8.49. The summed E-state index contributed by atoms with van der Waals surface area (Å²) in [5, 5.41) is 3.07. The van der Waals surface area contributed by atoms with E-state index in [-0.39, 0.29) is 17.6 Å². The van der Waals surface area contributed by atoms with Crippen molar-refractivity contribution in [3.8, 4) is 0 Å². The van der Waals surface area contributed by atoms with Crippen LogP contribution in [0.15, 0.2) is 22.7 Å². The topological polar surface area (TPSA) is 46.2 Å². The molecule has 1 N–H and O–H groups in total. The van der Waals surface area contributed by atoms with Crippen molar-refractivity contribution in [3.05, 3.63) is 34.1 Å². The molecule has 1 aromatic rings. The Morgan fingerprint density at radius 2 is 2.11 bits per heavy atom. The van der Waals surface area contributed by atoms with E-state index in [0.717, 1.165) is 5.56 Å². The van der Waals surface area contributed by atoms with Gasteiger partial charge in [-0.05, 0) is 53.5 Å². The summed E-state index contributed by atoms with van der Waals surface area (Å²) < 4.78 is 35.9. The maximum atomic E-state index is 13.4. The van der Waals surface area contributed by atoms with Crippen LogP contribution in [0.1, 0.15) is 24.4 Å². The van der Waals surface area contributed by atoms with Crippen molar-refractivity contribution < 1.29 is 12.8 Å². The summed E-state index contributed by atoms with van der Waals surface area (Å²) in [6.07, 6.45) is 2.44. The first-order valence-electron chi connectivity index (χ1n) is 5.63. The van der Waals surface area contributed by atoms with Crippen LogP contribution >= 0.6 is 15.9 Å². The van der Waals surface area contributed by atoms with Gasteiger partial charge < -0.3 is 5.32 Å². The van der Waals surface area contributed by atoms with Crippen molar-refractivity contribution in [2.24, 2.45) is 0 Å². The second kappa shape index (κ2) is 6.63. The number of nitrogens with one attached hydrogen (secondary N) is 1. The molecule has 1 atom stereocenters. The molecule has 0 bridgehead atoms. The van der Waals surface area contributed by atoms with Gasteiger partial charge in [-0.25, -0.2) is 12.8 Å². The minimum Gasteiger partial charge on any atom is -0.313 e. The Morgan fingerprint density at radius 3 is 2.61 bits per heavy atom. The largest absolute Gasteiger partial charge is 0.313 e. The van der Waals surface area contributed by atoms with Crippen LogP contribution in [0.3, 0.4) is 0 Å². The number of rotatable bonds is 6. The second-order valence-electron chi connectivity index (χ2n) is 4.29. The molecule has 1 aromatic carbocycles. The summed E-state index contributed by atoms with van der Waals surface area (Å²) >= 11 is 3.10. The maximum absolute atomic E-state index is 13.4. The smallest absolute Gasteiger partial charge is 0.147 e. The first kappa shape index (κ1) is 15.6. The minimum atomic E-state index is -2.93. The fourth-order valence-electron chi connectivity index (χ4n) is 1.76. The zero-order chi connectivity index (χ0) is 13.8. The van der Waals surface area contributed by atoms with E-state index in [1.807, 2.05) is 6.07 Å². The molecule has 0 radical (unpaired) electrons. The van der Waals surface area contributed by atoms with Gasteiger partial charge in [0.05, 0.1) is 4.47 Å². The van der Waals surface area contributed by atoms with Crippen molar-refractivity contribution in [2.45, 2.75) is 18.9 Å². The number of halogens is 2. The summed E-state index contributed by atoms with van der Waals surface area (Å²) in [6, 6.07) is 4.92. The highest BCUT2D eigenvalue weighted by molar-refractivity contribution is 9.10. The lowest BCUT2D eigenvalue weighted by Gasteiger charge is -2.16. The molecular formula is C12H17BrFNO2S. The monoisotopic (exact) mass is 337 g/mol. The summed E-state index contributed by atoms with van der Waals surface area (Å²) in [6.45, 7) is 0. The second-order valence-corrected chi connectivity index (χ2v) is 7.40. The molecule has 0 saturated carbocycles. The molecule has 0 spiro atoms. The van der Waals surface area contributed by atoms with E-state index in [1.54, 1.807) is 13.1 Å². The molecule has 1 unspecified atom stereocenters. The van der Waals surface area contributed by atoms with E-state index in [1.165, 1.54) is 12.3 Å². The Bertz CT molecular complexity index is 505. The minimum absolute atomic E-state index is 0.0330. The Balaban J connectivity index is 2.68. The lowest BCUT2D eigenvalue weighted by atomic mass is 10.0. The fourth-order valence-corrected chi connectivity index (χ4v) is 2.69. The fraction of sp³-hybridized carbons (Fsp3) is 0.500. The Hall–Kier alpha value is -0.460. The van der Waals surface area contributed by atoms with Gasteiger partial charge in [0.2, 0.25) is 0 Å². The van der Waals surface area contributed by atoms with Crippen molar-refractivity contribution >= 4 is 25.8 Å². The van der Waals surface area contributed by atoms with Gasteiger partial charge in [-0.2, -0.15) is 0 Å². The zero-order valence-electron chi connectivity index (χ0n) is 10.4. The number of sulfone groups is 1. The first-order chi connectivity index (χ1) is 8.33. The molecule has 3 nitrogen and oxygen atoms in total. The molecule has 102 valence electrons. The predicted molar refractivity (Wildman–Crippen MR) is 74.8 cm³/mol. The highest BCUT2D eigenvalue weighted by atomic mass is 79.9. The molecule has 0 fully saturated rings. The molecule has 0 aromatic heterocycles. The van der Waals surface area contributed by atoms with Gasteiger partial charge in [0.25, 0.3) is 0 Å². The van der Waals surface area contributed by atoms with E-state index in [9.17, 15) is 12.8 Å². The number of benzene rings is 1. The molecule has 0 amide bonds. The van der Waals surface area contributed by atoms with Gasteiger partial charge in [0, 0.05) is 18.1 Å². The van der Waals surface area contributed by atoms with Crippen LogP contribution in [0, 0.1) is 5.82 Å². The molecule has 0 aliphatic heterocycles. The molecule has 6 heteroatoms. The van der Waals surface area contributed by atoms with Crippen LogP contribution < -0.4 is 5.32 Å². The lowest BCUT2D eigenvalue weighted by Crippen LogP contribution is -2.17. The third-order valence-corrected chi connectivity index (χ3v) is 4.38. The van der Waals surface area contributed by atoms with Crippen molar-refractivity contribution in [3.63, 3.8) is 0 Å². The van der Waals surface area contributed by atoms with Gasteiger partial charge in [0.15, 0.2) is 0 Å². The van der Waals surface area contributed by atoms with E-state index in [0.29, 0.717) is 17.3 Å². The molecule has 18 heavy (non-hydrogen) atoms. The molecule has 1 rings (SSSR count). The van der Waals surface area contributed by atoms with Crippen LogP contribution in [-0.2, 0) is 9.84 Å². The molecule has 0 saturated heterocycles. The van der Waals surface area contributed by atoms with Crippen molar-refractivity contribution in [1.82, 2.24) is 5.32 Å². The highest BCUT2D eigenvalue weighted by Crippen LogP contribution is 2.23. The average molecular weight is 338 g/mol. The van der Waals surface area contributed by atoms with Crippen LogP contribution in [0.5, 0.6) is 0 Å². The van der Waals surface area contributed by atoms with Crippen LogP contribution in [-0.4, -0.2) is 27.5 Å². The zero-order valence-corrected chi connectivity index (χ0v) is 12.8. The number of hydrogen-bond donors (Lipinski definition) is 1. The Morgan fingerprint density at radius 1 is 1.44 bits per heavy atom. The molecule has 0 aliphatic rings. The van der Waals surface area contributed by atoms with E-state index in [2.05, 4.69) is 21.2 Å². The summed E-state index contributed by atoms with van der Waals surface area (Å²) in [4.78, 5) is 0. The SMILES string of the molecule is CNC(CCCS(C)(=O)=O)c1ccc(Br)c(F)c1. The van der Waals surface area contributed by atoms with Crippen molar-refractivity contribution in [1.29, 1.82) is 0 Å². The quantitative estimate of drug-likeness (QED) is 0.867. The molecule has 0 heterocycles. The molecule has 0 aliphatic carbocycles. The Kier molecular flexibility index (Phi) is 5.75. The van der Waals surface area contributed by atoms with Crippen LogP contribution in [0.4, 0.5) is 4.39 Å². The van der Waals surface area contributed by atoms with Gasteiger partial charge in [-0.3, -0.25) is 0 Å². The van der Waals surface area contributed by atoms with Crippen molar-refractivity contribution in [2.75, 3.05) is 19.1 Å². The van der Waals surface area contributed by atoms with Gasteiger partial charge >= 0.3 is 0 Å². The predicted octanol–water partition coefficient (Wildman–Crippen LogP) is 2.67. The standard InChI is InChI=1S/C12H17BrFNO2S/c1-15-12(4-3-7-18(2,16)17)9-5-6-10(13)11(14)8-9/h5-6,8,12,15H,3-4,7H2,1-2H3. The third-order valence-electron chi connectivity index (χ3n) is 2.70.